The third kappa shape index (κ3) is 2.74. The van der Waals surface area contributed by atoms with E-state index in [-0.39, 0.29) is 0 Å². The van der Waals surface area contributed by atoms with Crippen LogP contribution in [0.15, 0.2) is 0 Å². The van der Waals surface area contributed by atoms with Crippen molar-refractivity contribution < 1.29 is 0 Å². The highest BCUT2D eigenvalue weighted by Crippen LogP contribution is 2.26. The van der Waals surface area contributed by atoms with Gasteiger partial charge < -0.3 is 4.90 Å². The van der Waals surface area contributed by atoms with Crippen LogP contribution in [0.5, 0.6) is 0 Å². The highest BCUT2D eigenvalue weighted by Gasteiger charge is 2.26. The summed E-state index contributed by atoms with van der Waals surface area (Å²) in [4.78, 5) is 2.61. The lowest BCUT2D eigenvalue weighted by Crippen LogP contribution is -2.26. The molecule has 0 aromatic heterocycles. The molecule has 1 aliphatic carbocycles. The molecule has 0 amide bonds. The highest BCUT2D eigenvalue weighted by molar-refractivity contribution is 14.1. The number of alkyl halides is 1. The molecule has 0 spiro atoms. The number of hydrogen-bond donors (Lipinski definition) is 0. The fourth-order valence-corrected chi connectivity index (χ4v) is 1.64. The first-order valence-corrected chi connectivity index (χ1v) is 5.71. The van der Waals surface area contributed by atoms with Crippen LogP contribution in [0.4, 0.5) is 0 Å². The average molecular weight is 253 g/mol. The Hall–Kier alpha value is 0.690. The summed E-state index contributed by atoms with van der Waals surface area (Å²) < 4.78 is 1.31. The Morgan fingerprint density at radius 2 is 2.20 bits per heavy atom. The molecule has 0 aliphatic heterocycles. The topological polar surface area (TPSA) is 3.24 Å². The van der Waals surface area contributed by atoms with Crippen molar-refractivity contribution in [1.82, 2.24) is 4.90 Å². The van der Waals surface area contributed by atoms with Gasteiger partial charge in [-0.2, -0.15) is 0 Å². The van der Waals surface area contributed by atoms with Gasteiger partial charge in [-0.15, -0.1) is 0 Å². The molecule has 1 fully saturated rings. The third-order valence-electron chi connectivity index (χ3n) is 2.05. The van der Waals surface area contributed by atoms with E-state index in [1.807, 2.05) is 0 Å². The second-order valence-electron chi connectivity index (χ2n) is 2.90. The van der Waals surface area contributed by atoms with Crippen LogP contribution in [0.25, 0.3) is 0 Å². The minimum Gasteiger partial charge on any atom is -0.301 e. The van der Waals surface area contributed by atoms with Gasteiger partial charge in [0.15, 0.2) is 0 Å². The molecule has 0 saturated heterocycles. The zero-order valence-electron chi connectivity index (χ0n) is 6.65. The second kappa shape index (κ2) is 4.54. The smallest absolute Gasteiger partial charge is 0.00963 e. The lowest BCUT2D eigenvalue weighted by atomic mass is 10.4. The van der Waals surface area contributed by atoms with Gasteiger partial charge in [-0.25, -0.2) is 0 Å². The normalized spacial score (nSPS) is 18.3. The predicted octanol–water partition coefficient (Wildman–Crippen LogP) is 2.30. The minimum atomic E-state index is 0.966. The SMILES string of the molecule is CCN(CCCI)C1CC1. The van der Waals surface area contributed by atoms with Crippen molar-refractivity contribution in [1.29, 1.82) is 0 Å². The molecule has 2 heteroatoms. The Balaban J connectivity index is 2.07. The maximum absolute atomic E-state index is 2.61. The van der Waals surface area contributed by atoms with Gasteiger partial charge in [0, 0.05) is 10.5 Å². The van der Waals surface area contributed by atoms with Gasteiger partial charge in [0.05, 0.1) is 0 Å². The number of nitrogens with zero attached hydrogens (tertiary/aromatic N) is 1. The Kier molecular flexibility index (Phi) is 3.99. The molecule has 60 valence electrons. The van der Waals surface area contributed by atoms with Crippen LogP contribution in [0, 0.1) is 0 Å². The van der Waals surface area contributed by atoms with Gasteiger partial charge in [0.1, 0.15) is 0 Å². The lowest BCUT2D eigenvalue weighted by molar-refractivity contribution is 0.280. The molecule has 1 aliphatic rings. The number of rotatable bonds is 5. The van der Waals surface area contributed by atoms with E-state index < -0.39 is 0 Å². The van der Waals surface area contributed by atoms with E-state index >= 15 is 0 Å². The zero-order chi connectivity index (χ0) is 7.40. The van der Waals surface area contributed by atoms with Crippen molar-refractivity contribution in [3.8, 4) is 0 Å². The summed E-state index contributed by atoms with van der Waals surface area (Å²) in [5.74, 6) is 0. The fraction of sp³-hybridized carbons (Fsp3) is 1.00. The van der Waals surface area contributed by atoms with Gasteiger partial charge in [0.25, 0.3) is 0 Å². The molecule has 0 bridgehead atoms. The van der Waals surface area contributed by atoms with Crippen LogP contribution in [0.2, 0.25) is 0 Å². The van der Waals surface area contributed by atoms with Gasteiger partial charge >= 0.3 is 0 Å². The largest absolute Gasteiger partial charge is 0.301 e. The molecule has 0 unspecified atom stereocenters. The molecule has 0 aromatic carbocycles. The first kappa shape index (κ1) is 8.78. The van der Waals surface area contributed by atoms with Gasteiger partial charge in [-0.3, -0.25) is 0 Å². The fourth-order valence-electron chi connectivity index (χ4n) is 1.30. The first-order valence-electron chi connectivity index (χ1n) is 4.18. The van der Waals surface area contributed by atoms with Crippen molar-refractivity contribution in [3.63, 3.8) is 0 Å². The summed E-state index contributed by atoms with van der Waals surface area (Å²) >= 11 is 2.45. The third-order valence-corrected chi connectivity index (χ3v) is 2.81. The quantitative estimate of drug-likeness (QED) is 0.536. The van der Waals surface area contributed by atoms with Crippen molar-refractivity contribution in [2.24, 2.45) is 0 Å². The van der Waals surface area contributed by atoms with Crippen molar-refractivity contribution >= 4 is 22.6 Å². The van der Waals surface area contributed by atoms with E-state index in [0.717, 1.165) is 6.04 Å². The zero-order valence-corrected chi connectivity index (χ0v) is 8.80. The summed E-state index contributed by atoms with van der Waals surface area (Å²) in [6.07, 6.45) is 4.27. The van der Waals surface area contributed by atoms with Crippen LogP contribution in [-0.4, -0.2) is 28.5 Å². The average Bonchev–Trinajstić information content (AvgIpc) is 2.73. The monoisotopic (exact) mass is 253 g/mol. The Morgan fingerprint density at radius 3 is 2.60 bits per heavy atom. The Morgan fingerprint density at radius 1 is 1.50 bits per heavy atom. The van der Waals surface area contributed by atoms with E-state index in [2.05, 4.69) is 34.4 Å². The minimum absolute atomic E-state index is 0.966. The molecule has 0 aromatic rings. The van der Waals surface area contributed by atoms with Crippen LogP contribution < -0.4 is 0 Å². The van der Waals surface area contributed by atoms with Crippen molar-refractivity contribution in [2.45, 2.75) is 32.2 Å². The van der Waals surface area contributed by atoms with Crippen LogP contribution >= 0.6 is 22.6 Å². The molecule has 0 atom stereocenters. The highest BCUT2D eigenvalue weighted by atomic mass is 127. The maximum atomic E-state index is 2.61. The van der Waals surface area contributed by atoms with Crippen LogP contribution in [0.1, 0.15) is 26.2 Å². The van der Waals surface area contributed by atoms with E-state index in [0.29, 0.717) is 0 Å². The second-order valence-corrected chi connectivity index (χ2v) is 3.98. The van der Waals surface area contributed by atoms with Crippen molar-refractivity contribution in [2.75, 3.05) is 17.5 Å². The standard InChI is InChI=1S/C8H16IN/c1-2-10(7-3-6-9)8-4-5-8/h8H,2-7H2,1H3. The Bertz CT molecular complexity index is 91.3. The molecule has 1 rings (SSSR count). The Labute approximate surface area is 77.3 Å². The summed E-state index contributed by atoms with van der Waals surface area (Å²) in [6.45, 7) is 4.84. The van der Waals surface area contributed by atoms with Crippen LogP contribution in [-0.2, 0) is 0 Å². The molecule has 1 saturated carbocycles. The van der Waals surface area contributed by atoms with Gasteiger partial charge in [-0.1, -0.05) is 29.5 Å². The summed E-state index contributed by atoms with van der Waals surface area (Å²) in [7, 11) is 0. The van der Waals surface area contributed by atoms with E-state index in [1.165, 1.54) is 36.8 Å². The van der Waals surface area contributed by atoms with Crippen molar-refractivity contribution in [3.05, 3.63) is 0 Å². The van der Waals surface area contributed by atoms with E-state index in [1.54, 1.807) is 0 Å². The predicted molar refractivity (Wildman–Crippen MR) is 53.8 cm³/mol. The molecule has 0 radical (unpaired) electrons. The summed E-state index contributed by atoms with van der Waals surface area (Å²) in [6, 6.07) is 0.966. The van der Waals surface area contributed by atoms with Gasteiger partial charge in [-0.05, 0) is 32.4 Å². The maximum Gasteiger partial charge on any atom is 0.00963 e. The van der Waals surface area contributed by atoms with E-state index in [4.69, 9.17) is 0 Å². The molecule has 0 heterocycles. The molecule has 10 heavy (non-hydrogen) atoms. The van der Waals surface area contributed by atoms with Gasteiger partial charge in [0.2, 0.25) is 0 Å². The molecular formula is C8H16IN. The number of halogens is 1. The lowest BCUT2D eigenvalue weighted by Gasteiger charge is -2.18. The summed E-state index contributed by atoms with van der Waals surface area (Å²) in [5, 5.41) is 0. The summed E-state index contributed by atoms with van der Waals surface area (Å²) in [5.41, 5.74) is 0. The molecular weight excluding hydrogens is 237 g/mol. The van der Waals surface area contributed by atoms with E-state index in [9.17, 15) is 0 Å². The number of hydrogen-bond acceptors (Lipinski definition) is 1. The molecule has 1 nitrogen and oxygen atoms in total. The molecule has 0 N–H and O–H groups in total. The van der Waals surface area contributed by atoms with Crippen LogP contribution in [0.3, 0.4) is 0 Å². The first-order chi connectivity index (χ1) is 4.88.